The molecule has 108 valence electrons. The Labute approximate surface area is 125 Å². The molecule has 1 aromatic carbocycles. The van der Waals surface area contributed by atoms with E-state index in [4.69, 9.17) is 5.73 Å². The Morgan fingerprint density at radius 3 is 2.40 bits per heavy atom. The van der Waals surface area contributed by atoms with E-state index in [0.29, 0.717) is 4.88 Å². The normalized spacial score (nSPS) is 13.6. The molecule has 0 aliphatic heterocycles. The quantitative estimate of drug-likeness (QED) is 0.740. The molecule has 0 saturated heterocycles. The SMILES string of the molecule is Cc1cc(C(N)c2ccc(F)c(C(F)(F)F)c2)sc1Br. The first kappa shape index (κ1) is 15.5. The maximum atomic E-state index is 13.2. The van der Waals surface area contributed by atoms with Crippen molar-refractivity contribution in [2.75, 3.05) is 0 Å². The van der Waals surface area contributed by atoms with Crippen LogP contribution in [0.2, 0.25) is 0 Å². The van der Waals surface area contributed by atoms with Gasteiger partial charge in [-0.05, 0) is 52.2 Å². The fraction of sp³-hybridized carbons (Fsp3) is 0.231. The minimum absolute atomic E-state index is 0.229. The summed E-state index contributed by atoms with van der Waals surface area (Å²) in [7, 11) is 0. The van der Waals surface area contributed by atoms with Crippen molar-refractivity contribution in [3.05, 3.63) is 55.4 Å². The molecule has 1 atom stereocenters. The van der Waals surface area contributed by atoms with Gasteiger partial charge in [0.05, 0.1) is 15.4 Å². The number of nitrogens with two attached hydrogens (primary N) is 1. The van der Waals surface area contributed by atoms with Gasteiger partial charge in [0.25, 0.3) is 0 Å². The molecule has 0 amide bonds. The third-order valence-electron chi connectivity index (χ3n) is 2.84. The largest absolute Gasteiger partial charge is 0.419 e. The van der Waals surface area contributed by atoms with Crippen LogP contribution in [-0.2, 0) is 6.18 Å². The molecule has 0 spiro atoms. The molecule has 2 N–H and O–H groups in total. The zero-order valence-corrected chi connectivity index (χ0v) is 12.7. The first-order valence-electron chi connectivity index (χ1n) is 5.58. The van der Waals surface area contributed by atoms with Gasteiger partial charge in [-0.15, -0.1) is 11.3 Å². The molecular formula is C13H10BrF4NS. The number of aryl methyl sites for hydroxylation is 1. The van der Waals surface area contributed by atoms with Crippen LogP contribution >= 0.6 is 27.3 Å². The third-order valence-corrected chi connectivity index (χ3v) is 5.06. The van der Waals surface area contributed by atoms with Crippen LogP contribution in [0.4, 0.5) is 17.6 Å². The van der Waals surface area contributed by atoms with Crippen molar-refractivity contribution in [1.82, 2.24) is 0 Å². The smallest absolute Gasteiger partial charge is 0.320 e. The van der Waals surface area contributed by atoms with Crippen molar-refractivity contribution in [1.29, 1.82) is 0 Å². The van der Waals surface area contributed by atoms with E-state index in [1.54, 1.807) is 6.07 Å². The lowest BCUT2D eigenvalue weighted by molar-refractivity contribution is -0.140. The summed E-state index contributed by atoms with van der Waals surface area (Å²) in [4.78, 5) is 0.717. The average Bonchev–Trinajstić information content (AvgIpc) is 2.68. The highest BCUT2D eigenvalue weighted by Gasteiger charge is 2.34. The number of rotatable bonds is 2. The summed E-state index contributed by atoms with van der Waals surface area (Å²) in [6.45, 7) is 1.86. The number of thiophene rings is 1. The van der Waals surface area contributed by atoms with Crippen LogP contribution in [-0.4, -0.2) is 0 Å². The highest BCUT2D eigenvalue weighted by Crippen LogP contribution is 2.36. The third kappa shape index (κ3) is 3.05. The van der Waals surface area contributed by atoms with Crippen LogP contribution in [0.3, 0.4) is 0 Å². The van der Waals surface area contributed by atoms with E-state index >= 15 is 0 Å². The lowest BCUT2D eigenvalue weighted by Gasteiger charge is -2.14. The van der Waals surface area contributed by atoms with Crippen LogP contribution in [0.1, 0.15) is 27.6 Å². The summed E-state index contributed by atoms with van der Waals surface area (Å²) in [5, 5.41) is 0. The summed E-state index contributed by atoms with van der Waals surface area (Å²) in [6.07, 6.45) is -4.73. The van der Waals surface area contributed by atoms with Crippen LogP contribution in [0, 0.1) is 12.7 Å². The number of benzene rings is 1. The number of halogens is 5. The molecule has 7 heteroatoms. The van der Waals surface area contributed by atoms with Gasteiger partial charge in [-0.2, -0.15) is 13.2 Å². The Bertz CT molecular complexity index is 616. The van der Waals surface area contributed by atoms with Gasteiger partial charge in [0.2, 0.25) is 0 Å². The predicted molar refractivity (Wildman–Crippen MR) is 74.2 cm³/mol. The summed E-state index contributed by atoms with van der Waals surface area (Å²) >= 11 is 4.69. The molecule has 1 heterocycles. The molecule has 0 fully saturated rings. The van der Waals surface area contributed by atoms with Crippen molar-refractivity contribution < 1.29 is 17.6 Å². The molecule has 20 heavy (non-hydrogen) atoms. The van der Waals surface area contributed by atoms with Gasteiger partial charge in [0.1, 0.15) is 5.82 Å². The standard InChI is InChI=1S/C13H10BrF4NS/c1-6-4-10(20-12(6)14)11(19)7-2-3-9(15)8(5-7)13(16,17)18/h2-5,11H,19H2,1H3. The molecule has 0 aliphatic carbocycles. The molecule has 2 aromatic rings. The number of hydrogen-bond acceptors (Lipinski definition) is 2. The lowest BCUT2D eigenvalue weighted by Crippen LogP contribution is -2.14. The van der Waals surface area contributed by atoms with Gasteiger partial charge < -0.3 is 5.73 Å². The summed E-state index contributed by atoms with van der Waals surface area (Å²) < 4.78 is 52.1. The Morgan fingerprint density at radius 2 is 1.90 bits per heavy atom. The molecule has 0 aliphatic rings. The number of hydrogen-bond donors (Lipinski definition) is 1. The van der Waals surface area contributed by atoms with Crippen molar-refractivity contribution in [3.63, 3.8) is 0 Å². The minimum Gasteiger partial charge on any atom is -0.320 e. The van der Waals surface area contributed by atoms with E-state index < -0.39 is 23.6 Å². The Balaban J connectivity index is 2.43. The van der Waals surface area contributed by atoms with E-state index in [2.05, 4.69) is 15.9 Å². The monoisotopic (exact) mass is 367 g/mol. The van der Waals surface area contributed by atoms with Gasteiger partial charge in [-0.1, -0.05) is 6.07 Å². The van der Waals surface area contributed by atoms with E-state index in [9.17, 15) is 17.6 Å². The Kier molecular flexibility index (Phi) is 4.22. The topological polar surface area (TPSA) is 26.0 Å². The molecule has 0 radical (unpaired) electrons. The van der Waals surface area contributed by atoms with Gasteiger partial charge in [0, 0.05) is 4.88 Å². The van der Waals surface area contributed by atoms with Crippen LogP contribution < -0.4 is 5.73 Å². The van der Waals surface area contributed by atoms with Crippen molar-refractivity contribution >= 4 is 27.3 Å². The second kappa shape index (κ2) is 5.46. The van der Waals surface area contributed by atoms with Crippen molar-refractivity contribution in [2.24, 2.45) is 5.73 Å². The van der Waals surface area contributed by atoms with Gasteiger partial charge in [0.15, 0.2) is 0 Å². The number of alkyl halides is 3. The highest BCUT2D eigenvalue weighted by atomic mass is 79.9. The van der Waals surface area contributed by atoms with E-state index in [-0.39, 0.29) is 5.56 Å². The fourth-order valence-electron chi connectivity index (χ4n) is 1.75. The zero-order chi connectivity index (χ0) is 15.1. The lowest BCUT2D eigenvalue weighted by atomic mass is 10.0. The molecule has 1 nitrogen and oxygen atoms in total. The van der Waals surface area contributed by atoms with Gasteiger partial charge >= 0.3 is 6.18 Å². The summed E-state index contributed by atoms with van der Waals surface area (Å²) in [6, 6.07) is 3.93. The van der Waals surface area contributed by atoms with Crippen molar-refractivity contribution in [3.8, 4) is 0 Å². The first-order chi connectivity index (χ1) is 9.20. The van der Waals surface area contributed by atoms with Crippen LogP contribution in [0.25, 0.3) is 0 Å². The Morgan fingerprint density at radius 1 is 1.25 bits per heavy atom. The van der Waals surface area contributed by atoms with Crippen LogP contribution in [0.15, 0.2) is 28.1 Å². The maximum Gasteiger partial charge on any atom is 0.419 e. The minimum atomic E-state index is -4.73. The predicted octanol–water partition coefficient (Wildman–Crippen LogP) is 5.03. The zero-order valence-electron chi connectivity index (χ0n) is 10.3. The summed E-state index contributed by atoms with van der Waals surface area (Å²) in [5.41, 5.74) is 5.85. The second-order valence-electron chi connectivity index (χ2n) is 4.32. The van der Waals surface area contributed by atoms with Gasteiger partial charge in [-0.3, -0.25) is 0 Å². The van der Waals surface area contributed by atoms with E-state index in [0.717, 1.165) is 21.5 Å². The molecule has 0 bridgehead atoms. The molecular weight excluding hydrogens is 358 g/mol. The van der Waals surface area contributed by atoms with Crippen molar-refractivity contribution in [2.45, 2.75) is 19.1 Å². The molecule has 1 aromatic heterocycles. The first-order valence-corrected chi connectivity index (χ1v) is 7.19. The van der Waals surface area contributed by atoms with Gasteiger partial charge in [-0.25, -0.2) is 4.39 Å². The fourth-order valence-corrected chi connectivity index (χ4v) is 3.36. The molecule has 1 unspecified atom stereocenters. The summed E-state index contributed by atoms with van der Waals surface area (Å²) in [5.74, 6) is -1.29. The van der Waals surface area contributed by atoms with Crippen LogP contribution in [0.5, 0.6) is 0 Å². The van der Waals surface area contributed by atoms with E-state index in [1.807, 2.05) is 6.92 Å². The maximum absolute atomic E-state index is 13.2. The Hall–Kier alpha value is -0.920. The van der Waals surface area contributed by atoms with E-state index in [1.165, 1.54) is 17.4 Å². The molecule has 2 rings (SSSR count). The second-order valence-corrected chi connectivity index (χ2v) is 6.72. The highest BCUT2D eigenvalue weighted by molar-refractivity contribution is 9.11. The average molecular weight is 368 g/mol. The molecule has 0 saturated carbocycles.